The number of para-hydroxylation sites is 3. The van der Waals surface area contributed by atoms with Crippen molar-refractivity contribution in [3.05, 3.63) is 83.9 Å². The lowest BCUT2D eigenvalue weighted by atomic mass is 10.1. The van der Waals surface area contributed by atoms with Crippen molar-refractivity contribution in [2.24, 2.45) is 0 Å². The van der Waals surface area contributed by atoms with Crippen LogP contribution < -0.4 is 14.4 Å². The van der Waals surface area contributed by atoms with Crippen LogP contribution in [0, 0.1) is 0 Å². The smallest absolute Gasteiger partial charge is 0.333 e. The number of carboxylic acid groups (broad SMARTS) is 1. The largest absolute Gasteiger partial charge is 0.494 e. The fraction of sp³-hybridized carbons (Fsp3) is 0.296. The van der Waals surface area contributed by atoms with E-state index in [1.54, 1.807) is 6.92 Å². The zero-order valence-electron chi connectivity index (χ0n) is 18.8. The van der Waals surface area contributed by atoms with Gasteiger partial charge in [0.25, 0.3) is 0 Å². The molecule has 0 saturated carbocycles. The van der Waals surface area contributed by atoms with E-state index >= 15 is 0 Å². The van der Waals surface area contributed by atoms with Gasteiger partial charge < -0.3 is 24.2 Å². The molecule has 1 heterocycles. The van der Waals surface area contributed by atoms with Gasteiger partial charge in [-0.2, -0.15) is 0 Å². The highest BCUT2D eigenvalue weighted by Crippen LogP contribution is 2.39. The van der Waals surface area contributed by atoms with E-state index in [-0.39, 0.29) is 0 Å². The molecule has 172 valence electrons. The Morgan fingerprint density at radius 2 is 1.76 bits per heavy atom. The van der Waals surface area contributed by atoms with Crippen LogP contribution in [0.1, 0.15) is 24.5 Å². The van der Waals surface area contributed by atoms with Crippen molar-refractivity contribution in [2.45, 2.75) is 32.5 Å². The second kappa shape index (κ2) is 10.9. The number of ether oxygens (including phenoxy) is 3. The van der Waals surface area contributed by atoms with E-state index in [0.717, 1.165) is 47.0 Å². The molecule has 6 heteroatoms. The first-order chi connectivity index (χ1) is 16.2. The van der Waals surface area contributed by atoms with Crippen LogP contribution >= 0.6 is 0 Å². The van der Waals surface area contributed by atoms with Crippen molar-refractivity contribution < 1.29 is 24.1 Å². The number of aliphatic carboxylic acids is 1. The Bertz CT molecular complexity index is 1020. The number of fused-ring (bicyclic) bond motifs is 2. The Labute approximate surface area is 194 Å². The van der Waals surface area contributed by atoms with Crippen LogP contribution in [0.5, 0.6) is 11.5 Å². The number of rotatable bonds is 10. The van der Waals surface area contributed by atoms with Gasteiger partial charge in [-0.15, -0.1) is 0 Å². The molecule has 0 aliphatic carbocycles. The molecule has 0 radical (unpaired) electrons. The summed E-state index contributed by atoms with van der Waals surface area (Å²) in [7, 11) is 0. The summed E-state index contributed by atoms with van der Waals surface area (Å²) in [6.07, 6.45) is 0.333. The number of anilines is 2. The lowest BCUT2D eigenvalue weighted by Crippen LogP contribution is -2.26. The van der Waals surface area contributed by atoms with E-state index in [1.807, 2.05) is 48.5 Å². The fourth-order valence-electron chi connectivity index (χ4n) is 3.99. The summed E-state index contributed by atoms with van der Waals surface area (Å²) < 4.78 is 17.3. The van der Waals surface area contributed by atoms with E-state index in [0.29, 0.717) is 26.2 Å². The number of benzene rings is 3. The molecule has 0 saturated heterocycles. The van der Waals surface area contributed by atoms with E-state index in [2.05, 4.69) is 29.2 Å². The highest BCUT2D eigenvalue weighted by molar-refractivity contribution is 5.73. The predicted molar refractivity (Wildman–Crippen MR) is 128 cm³/mol. The highest BCUT2D eigenvalue weighted by Gasteiger charge is 2.21. The van der Waals surface area contributed by atoms with Gasteiger partial charge in [-0.1, -0.05) is 42.5 Å². The first kappa shape index (κ1) is 22.7. The van der Waals surface area contributed by atoms with Crippen LogP contribution in [0.3, 0.4) is 0 Å². The van der Waals surface area contributed by atoms with Crippen molar-refractivity contribution >= 4 is 17.3 Å². The summed E-state index contributed by atoms with van der Waals surface area (Å²) in [6.45, 7) is 4.08. The van der Waals surface area contributed by atoms with Gasteiger partial charge in [0.2, 0.25) is 0 Å². The van der Waals surface area contributed by atoms with Gasteiger partial charge in [0.15, 0.2) is 6.10 Å². The molecule has 4 rings (SSSR count). The molecule has 0 spiro atoms. The third-order valence-electron chi connectivity index (χ3n) is 5.60. The van der Waals surface area contributed by atoms with Gasteiger partial charge in [-0.25, -0.2) is 4.79 Å². The van der Waals surface area contributed by atoms with E-state index in [9.17, 15) is 9.90 Å². The normalized spacial score (nSPS) is 13.3. The SMILES string of the molecule is CCOC(Cc1ccc(OCCCN2c3ccccc3COc3ccccc32)cc1)C(=O)O. The van der Waals surface area contributed by atoms with Gasteiger partial charge in [-0.05, 0) is 49.2 Å². The Kier molecular flexibility index (Phi) is 7.47. The molecule has 1 atom stereocenters. The predicted octanol–water partition coefficient (Wildman–Crippen LogP) is 5.22. The molecule has 33 heavy (non-hydrogen) atoms. The van der Waals surface area contributed by atoms with Crippen LogP contribution in [0.2, 0.25) is 0 Å². The van der Waals surface area contributed by atoms with Crippen LogP contribution in [0.25, 0.3) is 0 Å². The Balaban J connectivity index is 1.35. The Morgan fingerprint density at radius 1 is 1.03 bits per heavy atom. The third-order valence-corrected chi connectivity index (χ3v) is 5.60. The fourth-order valence-corrected chi connectivity index (χ4v) is 3.99. The molecule has 3 aromatic rings. The van der Waals surface area contributed by atoms with Gasteiger partial charge >= 0.3 is 5.97 Å². The van der Waals surface area contributed by atoms with E-state index in [1.165, 1.54) is 0 Å². The number of nitrogens with zero attached hydrogens (tertiary/aromatic N) is 1. The second-order valence-electron chi connectivity index (χ2n) is 7.87. The first-order valence-electron chi connectivity index (χ1n) is 11.3. The average molecular weight is 448 g/mol. The maximum atomic E-state index is 11.3. The van der Waals surface area contributed by atoms with E-state index in [4.69, 9.17) is 14.2 Å². The monoisotopic (exact) mass is 447 g/mol. The molecular formula is C27H29NO5. The van der Waals surface area contributed by atoms with Gasteiger partial charge in [0.1, 0.15) is 18.1 Å². The number of carboxylic acids is 1. The maximum Gasteiger partial charge on any atom is 0.333 e. The van der Waals surface area contributed by atoms with Crippen molar-refractivity contribution in [2.75, 3.05) is 24.7 Å². The minimum atomic E-state index is -0.945. The van der Waals surface area contributed by atoms with Gasteiger partial charge in [-0.3, -0.25) is 0 Å². The molecule has 0 fully saturated rings. The van der Waals surface area contributed by atoms with Crippen LogP contribution in [0.15, 0.2) is 72.8 Å². The molecule has 1 aliphatic heterocycles. The molecule has 1 aliphatic rings. The lowest BCUT2D eigenvalue weighted by Gasteiger charge is -2.25. The van der Waals surface area contributed by atoms with Crippen molar-refractivity contribution in [3.8, 4) is 11.5 Å². The molecule has 0 aromatic heterocycles. The summed E-state index contributed by atoms with van der Waals surface area (Å²) in [5.74, 6) is 0.707. The zero-order chi connectivity index (χ0) is 23.0. The molecule has 1 unspecified atom stereocenters. The number of hydrogen-bond donors (Lipinski definition) is 1. The molecule has 6 nitrogen and oxygen atoms in total. The summed E-state index contributed by atoms with van der Waals surface area (Å²) in [6, 6.07) is 24.0. The Hall–Kier alpha value is -3.51. The first-order valence-corrected chi connectivity index (χ1v) is 11.3. The quantitative estimate of drug-likeness (QED) is 0.430. The maximum absolute atomic E-state index is 11.3. The van der Waals surface area contributed by atoms with Crippen LogP contribution in [-0.4, -0.2) is 36.9 Å². The van der Waals surface area contributed by atoms with Crippen molar-refractivity contribution in [3.63, 3.8) is 0 Å². The minimum absolute atomic E-state index is 0.333. The van der Waals surface area contributed by atoms with Crippen LogP contribution in [-0.2, 0) is 22.6 Å². The lowest BCUT2D eigenvalue weighted by molar-refractivity contribution is -0.149. The van der Waals surface area contributed by atoms with Crippen molar-refractivity contribution in [1.82, 2.24) is 0 Å². The Morgan fingerprint density at radius 3 is 2.52 bits per heavy atom. The molecule has 3 aromatic carbocycles. The number of hydrogen-bond acceptors (Lipinski definition) is 5. The highest BCUT2D eigenvalue weighted by atomic mass is 16.5. The van der Waals surface area contributed by atoms with E-state index < -0.39 is 12.1 Å². The zero-order valence-corrected chi connectivity index (χ0v) is 18.8. The molecular weight excluding hydrogens is 418 g/mol. The topological polar surface area (TPSA) is 68.2 Å². The van der Waals surface area contributed by atoms with Crippen LogP contribution in [0.4, 0.5) is 11.4 Å². The number of carbonyl (C=O) groups is 1. The average Bonchev–Trinajstić information content (AvgIpc) is 2.99. The molecule has 1 N–H and O–H groups in total. The molecule has 0 bridgehead atoms. The molecule has 0 amide bonds. The third kappa shape index (κ3) is 5.65. The van der Waals surface area contributed by atoms with Gasteiger partial charge in [0.05, 0.1) is 12.3 Å². The minimum Gasteiger partial charge on any atom is -0.494 e. The summed E-state index contributed by atoms with van der Waals surface area (Å²) >= 11 is 0. The standard InChI is InChI=1S/C27H29NO5/c1-2-31-26(27(29)30)18-20-12-14-22(15-13-20)32-17-7-16-28-23-9-4-3-8-21(23)19-33-25-11-6-5-10-24(25)28/h3-6,8-15,26H,2,7,16-19H2,1H3,(H,29,30). The van der Waals surface area contributed by atoms with Gasteiger partial charge in [0, 0.05) is 30.8 Å². The summed E-state index contributed by atoms with van der Waals surface area (Å²) in [5, 5.41) is 9.25. The van der Waals surface area contributed by atoms with Crippen molar-refractivity contribution in [1.29, 1.82) is 0 Å². The second-order valence-corrected chi connectivity index (χ2v) is 7.87. The summed E-state index contributed by atoms with van der Waals surface area (Å²) in [5.41, 5.74) is 4.29. The summed E-state index contributed by atoms with van der Waals surface area (Å²) in [4.78, 5) is 13.6.